The number of amides is 1. The highest BCUT2D eigenvalue weighted by Gasteiger charge is 2.51. The first-order valence-corrected chi connectivity index (χ1v) is 4.72. The lowest BCUT2D eigenvalue weighted by molar-refractivity contribution is -0.140. The van der Waals surface area contributed by atoms with Gasteiger partial charge in [-0.1, -0.05) is 0 Å². The predicted octanol–water partition coefficient (Wildman–Crippen LogP) is 0.568. The third-order valence-corrected chi connectivity index (χ3v) is 2.52. The molecule has 1 fully saturated rings. The van der Waals surface area contributed by atoms with Crippen molar-refractivity contribution in [2.24, 2.45) is 0 Å². The third kappa shape index (κ3) is 1.73. The van der Waals surface area contributed by atoms with Crippen molar-refractivity contribution in [2.75, 3.05) is 0 Å². The summed E-state index contributed by atoms with van der Waals surface area (Å²) in [6.45, 7) is 0. The number of carboxylic acid groups (broad SMARTS) is 1. The molecule has 2 rings (SSSR count). The molecule has 1 heterocycles. The molecule has 0 atom stereocenters. The Balaban J connectivity index is 2.16. The Hall–Kier alpha value is -1.98. The molecular formula is C10H9FN2O3. The van der Waals surface area contributed by atoms with Crippen LogP contribution in [-0.4, -0.2) is 27.5 Å². The number of pyridine rings is 1. The summed E-state index contributed by atoms with van der Waals surface area (Å²) >= 11 is 0. The summed E-state index contributed by atoms with van der Waals surface area (Å²) in [5.74, 6) is -2.74. The van der Waals surface area contributed by atoms with Crippen LogP contribution in [0.3, 0.4) is 0 Å². The first kappa shape index (κ1) is 10.5. The van der Waals surface area contributed by atoms with Crippen molar-refractivity contribution < 1.29 is 19.1 Å². The van der Waals surface area contributed by atoms with Gasteiger partial charge in [-0.3, -0.25) is 4.79 Å². The number of hydrogen-bond acceptors (Lipinski definition) is 3. The zero-order valence-electron chi connectivity index (χ0n) is 8.24. The third-order valence-electron chi connectivity index (χ3n) is 2.52. The van der Waals surface area contributed by atoms with Crippen LogP contribution >= 0.6 is 0 Å². The minimum Gasteiger partial charge on any atom is -0.480 e. The van der Waals surface area contributed by atoms with E-state index in [1.54, 1.807) is 0 Å². The first-order valence-electron chi connectivity index (χ1n) is 4.72. The number of nitrogens with one attached hydrogen (secondary N) is 1. The number of carbonyl (C=O) groups excluding carboxylic acids is 1. The molecule has 0 bridgehead atoms. The largest absolute Gasteiger partial charge is 0.480 e. The summed E-state index contributed by atoms with van der Waals surface area (Å²) in [4.78, 5) is 25.7. The van der Waals surface area contributed by atoms with Crippen LogP contribution in [0.2, 0.25) is 0 Å². The zero-order chi connectivity index (χ0) is 11.8. The molecule has 1 aliphatic rings. The van der Waals surface area contributed by atoms with Gasteiger partial charge in [0.05, 0.1) is 5.56 Å². The van der Waals surface area contributed by atoms with Gasteiger partial charge in [0, 0.05) is 6.20 Å². The Morgan fingerprint density at radius 3 is 2.69 bits per heavy atom. The van der Waals surface area contributed by atoms with Crippen molar-refractivity contribution in [3.63, 3.8) is 0 Å². The monoisotopic (exact) mass is 224 g/mol. The van der Waals surface area contributed by atoms with E-state index in [1.807, 2.05) is 0 Å². The molecule has 0 aromatic carbocycles. The molecular weight excluding hydrogens is 215 g/mol. The van der Waals surface area contributed by atoms with Gasteiger partial charge in [0.15, 0.2) is 0 Å². The molecule has 0 radical (unpaired) electrons. The normalized spacial score (nSPS) is 16.6. The lowest BCUT2D eigenvalue weighted by Gasteiger charge is -2.12. The Morgan fingerprint density at radius 2 is 2.19 bits per heavy atom. The van der Waals surface area contributed by atoms with Crippen LogP contribution in [0.5, 0.6) is 0 Å². The van der Waals surface area contributed by atoms with Gasteiger partial charge in [-0.25, -0.2) is 9.78 Å². The number of hydrogen-bond donors (Lipinski definition) is 2. The van der Waals surface area contributed by atoms with E-state index in [1.165, 1.54) is 18.3 Å². The van der Waals surface area contributed by atoms with Gasteiger partial charge in [-0.05, 0) is 25.0 Å². The van der Waals surface area contributed by atoms with Crippen LogP contribution in [0.4, 0.5) is 4.39 Å². The standard InChI is InChI=1S/C10H9FN2O3/c11-7-6(2-1-5-12-7)8(14)13-10(3-4-10)9(15)16/h1-2,5H,3-4H2,(H,13,14)(H,15,16). The second-order valence-electron chi connectivity index (χ2n) is 3.68. The molecule has 0 spiro atoms. The van der Waals surface area contributed by atoms with Gasteiger partial charge in [-0.2, -0.15) is 4.39 Å². The van der Waals surface area contributed by atoms with Gasteiger partial charge in [0.2, 0.25) is 5.95 Å². The predicted molar refractivity (Wildman–Crippen MR) is 51.3 cm³/mol. The summed E-state index contributed by atoms with van der Waals surface area (Å²) in [5, 5.41) is 11.2. The number of halogens is 1. The Morgan fingerprint density at radius 1 is 1.50 bits per heavy atom. The Bertz CT molecular complexity index is 457. The fourth-order valence-electron chi connectivity index (χ4n) is 1.36. The average molecular weight is 224 g/mol. The molecule has 5 nitrogen and oxygen atoms in total. The molecule has 1 saturated carbocycles. The maximum atomic E-state index is 13.1. The van der Waals surface area contributed by atoms with Crippen molar-refractivity contribution in [3.05, 3.63) is 29.8 Å². The lowest BCUT2D eigenvalue weighted by Crippen LogP contribution is -2.43. The van der Waals surface area contributed by atoms with E-state index in [9.17, 15) is 14.0 Å². The van der Waals surface area contributed by atoms with Gasteiger partial charge < -0.3 is 10.4 Å². The van der Waals surface area contributed by atoms with Crippen molar-refractivity contribution >= 4 is 11.9 Å². The fraction of sp³-hybridized carbons (Fsp3) is 0.300. The summed E-state index contributed by atoms with van der Waals surface area (Å²) < 4.78 is 13.1. The topological polar surface area (TPSA) is 79.3 Å². The molecule has 2 N–H and O–H groups in total. The molecule has 1 aliphatic carbocycles. The van der Waals surface area contributed by atoms with Crippen molar-refractivity contribution in [1.82, 2.24) is 10.3 Å². The van der Waals surface area contributed by atoms with E-state index in [0.29, 0.717) is 12.8 Å². The first-order chi connectivity index (χ1) is 7.55. The van der Waals surface area contributed by atoms with Crippen LogP contribution in [0.1, 0.15) is 23.2 Å². The smallest absolute Gasteiger partial charge is 0.329 e. The Labute approximate surface area is 90.3 Å². The van der Waals surface area contributed by atoms with Crippen LogP contribution in [0.15, 0.2) is 18.3 Å². The van der Waals surface area contributed by atoms with E-state index in [4.69, 9.17) is 5.11 Å². The summed E-state index contributed by atoms with van der Waals surface area (Å²) in [6.07, 6.45) is 1.96. The minimum atomic E-state index is -1.21. The Kier molecular flexibility index (Phi) is 2.34. The SMILES string of the molecule is O=C(NC1(C(=O)O)CC1)c1cccnc1F. The van der Waals surface area contributed by atoms with Crippen LogP contribution in [-0.2, 0) is 4.79 Å². The number of aromatic nitrogens is 1. The van der Waals surface area contributed by atoms with E-state index < -0.39 is 23.4 Å². The number of carbonyl (C=O) groups is 2. The highest BCUT2D eigenvalue weighted by molar-refractivity contribution is 5.98. The molecule has 0 aliphatic heterocycles. The molecule has 0 unspecified atom stereocenters. The maximum Gasteiger partial charge on any atom is 0.329 e. The molecule has 1 amide bonds. The van der Waals surface area contributed by atoms with Crippen LogP contribution in [0.25, 0.3) is 0 Å². The number of nitrogens with zero attached hydrogens (tertiary/aromatic N) is 1. The highest BCUT2D eigenvalue weighted by Crippen LogP contribution is 2.35. The van der Waals surface area contributed by atoms with E-state index in [0.717, 1.165) is 0 Å². The second-order valence-corrected chi connectivity index (χ2v) is 3.68. The summed E-state index contributed by atoms with van der Waals surface area (Å²) in [7, 11) is 0. The molecule has 1 aromatic rings. The van der Waals surface area contributed by atoms with Gasteiger partial charge in [0.1, 0.15) is 5.54 Å². The van der Waals surface area contributed by atoms with E-state index >= 15 is 0 Å². The molecule has 16 heavy (non-hydrogen) atoms. The summed E-state index contributed by atoms with van der Waals surface area (Å²) in [5.41, 5.74) is -1.45. The quantitative estimate of drug-likeness (QED) is 0.735. The van der Waals surface area contributed by atoms with Crippen molar-refractivity contribution in [2.45, 2.75) is 18.4 Å². The lowest BCUT2D eigenvalue weighted by atomic mass is 10.2. The molecule has 0 saturated heterocycles. The van der Waals surface area contributed by atoms with E-state index in [2.05, 4.69) is 10.3 Å². The van der Waals surface area contributed by atoms with Crippen molar-refractivity contribution in [3.8, 4) is 0 Å². The minimum absolute atomic E-state index is 0.241. The van der Waals surface area contributed by atoms with Crippen LogP contribution in [0, 0.1) is 5.95 Å². The zero-order valence-corrected chi connectivity index (χ0v) is 8.24. The number of rotatable bonds is 3. The molecule has 84 valence electrons. The van der Waals surface area contributed by atoms with Gasteiger partial charge in [-0.15, -0.1) is 0 Å². The molecule has 1 aromatic heterocycles. The van der Waals surface area contributed by atoms with E-state index in [-0.39, 0.29) is 5.56 Å². The number of aliphatic carboxylic acids is 1. The highest BCUT2D eigenvalue weighted by atomic mass is 19.1. The fourth-order valence-corrected chi connectivity index (χ4v) is 1.36. The molecule has 6 heteroatoms. The van der Waals surface area contributed by atoms with Gasteiger partial charge in [0.25, 0.3) is 5.91 Å². The number of carboxylic acids is 1. The summed E-state index contributed by atoms with van der Waals surface area (Å²) in [6, 6.07) is 2.67. The average Bonchev–Trinajstić information content (AvgIpc) is 2.99. The van der Waals surface area contributed by atoms with Gasteiger partial charge >= 0.3 is 5.97 Å². The second kappa shape index (κ2) is 3.55. The maximum absolute atomic E-state index is 13.1. The van der Waals surface area contributed by atoms with Crippen molar-refractivity contribution in [1.29, 1.82) is 0 Å². The van der Waals surface area contributed by atoms with Crippen LogP contribution < -0.4 is 5.32 Å².